The summed E-state index contributed by atoms with van der Waals surface area (Å²) in [7, 11) is 3.04. The summed E-state index contributed by atoms with van der Waals surface area (Å²) in [5.74, 6) is 0.581. The maximum Gasteiger partial charge on any atom is 0.325 e. The lowest BCUT2D eigenvalue weighted by Gasteiger charge is -2.22. The molecule has 0 unspecified atom stereocenters. The largest absolute Gasteiger partial charge is 0.493 e. The second-order valence-electron chi connectivity index (χ2n) is 7.40. The van der Waals surface area contributed by atoms with Gasteiger partial charge in [-0.05, 0) is 30.0 Å². The van der Waals surface area contributed by atoms with Gasteiger partial charge in [0.2, 0.25) is 5.91 Å². The zero-order valence-electron chi connectivity index (χ0n) is 17.9. The lowest BCUT2D eigenvalue weighted by Crippen LogP contribution is -2.42. The Labute approximate surface area is 176 Å². The van der Waals surface area contributed by atoms with Gasteiger partial charge in [-0.2, -0.15) is 0 Å². The number of benzene rings is 1. The minimum absolute atomic E-state index is 0.0772. The Morgan fingerprint density at radius 3 is 2.57 bits per heavy atom. The zero-order chi connectivity index (χ0) is 22.3. The molecule has 0 bridgehead atoms. The number of imide groups is 1. The highest BCUT2D eigenvalue weighted by Crippen LogP contribution is 2.28. The smallest absolute Gasteiger partial charge is 0.325 e. The van der Waals surface area contributed by atoms with Gasteiger partial charge in [-0.15, -0.1) is 0 Å². The van der Waals surface area contributed by atoms with Gasteiger partial charge in [0.1, 0.15) is 6.04 Å². The predicted molar refractivity (Wildman–Crippen MR) is 110 cm³/mol. The minimum atomic E-state index is -0.750. The summed E-state index contributed by atoms with van der Waals surface area (Å²) in [6, 6.07) is 3.62. The van der Waals surface area contributed by atoms with Gasteiger partial charge in [-0.1, -0.05) is 26.3 Å². The summed E-state index contributed by atoms with van der Waals surface area (Å²) in [6.07, 6.45) is 1.10. The second-order valence-corrected chi connectivity index (χ2v) is 7.40. The molecule has 9 nitrogen and oxygen atoms in total. The standard InChI is InChI=1S/C21H31N3O6/c1-5-13(2)16(12-25)22-19(26)9-7-15-20(27)24(21(28)23-15)11-14-6-8-17(29-3)18(10-14)30-4/h6,8,10,13,15-16,25H,5,7,9,11-12H2,1-4H3,(H,22,26)(H,23,28)/t13-,15+,16+/m0/s1. The number of nitrogens with one attached hydrogen (secondary N) is 2. The average Bonchev–Trinajstić information content (AvgIpc) is 3.02. The van der Waals surface area contributed by atoms with E-state index in [0.29, 0.717) is 17.1 Å². The predicted octanol–water partition coefficient (Wildman–Crippen LogP) is 1.43. The van der Waals surface area contributed by atoms with E-state index in [1.54, 1.807) is 18.2 Å². The molecule has 2 rings (SSSR count). The van der Waals surface area contributed by atoms with E-state index < -0.39 is 12.1 Å². The maximum atomic E-state index is 12.7. The summed E-state index contributed by atoms with van der Waals surface area (Å²) in [5.41, 5.74) is 0.717. The first kappa shape index (κ1) is 23.5. The first-order chi connectivity index (χ1) is 14.3. The van der Waals surface area contributed by atoms with Gasteiger partial charge in [0.15, 0.2) is 11.5 Å². The number of hydrogen-bond donors (Lipinski definition) is 3. The molecule has 4 amide bonds. The number of ether oxygens (including phenoxy) is 2. The molecule has 0 aromatic heterocycles. The van der Waals surface area contributed by atoms with Gasteiger partial charge in [0.25, 0.3) is 5.91 Å². The number of aliphatic hydroxyl groups excluding tert-OH is 1. The van der Waals surface area contributed by atoms with Crippen molar-refractivity contribution >= 4 is 17.8 Å². The molecule has 3 atom stereocenters. The number of nitrogens with zero attached hydrogens (tertiary/aromatic N) is 1. The Balaban J connectivity index is 1.94. The summed E-state index contributed by atoms with van der Waals surface area (Å²) in [4.78, 5) is 38.3. The summed E-state index contributed by atoms with van der Waals surface area (Å²) < 4.78 is 10.4. The van der Waals surface area contributed by atoms with E-state index >= 15 is 0 Å². The molecule has 1 saturated heterocycles. The van der Waals surface area contributed by atoms with E-state index in [0.717, 1.165) is 11.3 Å². The van der Waals surface area contributed by atoms with Crippen molar-refractivity contribution in [3.63, 3.8) is 0 Å². The first-order valence-corrected chi connectivity index (χ1v) is 10.1. The monoisotopic (exact) mass is 421 g/mol. The second kappa shape index (κ2) is 10.8. The topological polar surface area (TPSA) is 117 Å². The van der Waals surface area contributed by atoms with Crippen LogP contribution in [0, 0.1) is 5.92 Å². The van der Waals surface area contributed by atoms with Crippen molar-refractivity contribution in [3.8, 4) is 11.5 Å². The average molecular weight is 421 g/mol. The van der Waals surface area contributed by atoms with Gasteiger partial charge < -0.3 is 25.2 Å². The van der Waals surface area contributed by atoms with Crippen LogP contribution < -0.4 is 20.1 Å². The van der Waals surface area contributed by atoms with Crippen LogP contribution in [0.5, 0.6) is 11.5 Å². The van der Waals surface area contributed by atoms with Crippen LogP contribution in [-0.2, 0) is 16.1 Å². The van der Waals surface area contributed by atoms with Crippen LogP contribution in [0.2, 0.25) is 0 Å². The van der Waals surface area contributed by atoms with E-state index in [1.807, 2.05) is 13.8 Å². The van der Waals surface area contributed by atoms with Crippen molar-refractivity contribution in [1.29, 1.82) is 0 Å². The Morgan fingerprint density at radius 2 is 1.97 bits per heavy atom. The van der Waals surface area contributed by atoms with E-state index in [-0.39, 0.29) is 49.8 Å². The number of carbonyl (C=O) groups excluding carboxylic acids is 3. The molecular weight excluding hydrogens is 390 g/mol. The first-order valence-electron chi connectivity index (χ1n) is 10.1. The number of urea groups is 1. The molecule has 166 valence electrons. The number of amides is 4. The molecule has 0 saturated carbocycles. The third-order valence-corrected chi connectivity index (χ3v) is 5.43. The molecule has 0 aliphatic carbocycles. The molecule has 3 N–H and O–H groups in total. The van der Waals surface area contributed by atoms with Crippen LogP contribution >= 0.6 is 0 Å². The Morgan fingerprint density at radius 1 is 1.27 bits per heavy atom. The van der Waals surface area contributed by atoms with Crippen molar-refractivity contribution in [1.82, 2.24) is 15.5 Å². The quantitative estimate of drug-likeness (QED) is 0.465. The van der Waals surface area contributed by atoms with Crippen molar-refractivity contribution in [2.45, 2.75) is 51.7 Å². The van der Waals surface area contributed by atoms with Crippen molar-refractivity contribution in [2.24, 2.45) is 5.92 Å². The fraction of sp³-hybridized carbons (Fsp3) is 0.571. The summed E-state index contributed by atoms with van der Waals surface area (Å²) >= 11 is 0. The fourth-order valence-corrected chi connectivity index (χ4v) is 3.29. The highest BCUT2D eigenvalue weighted by molar-refractivity contribution is 6.04. The van der Waals surface area contributed by atoms with Crippen LogP contribution in [0.15, 0.2) is 18.2 Å². The SMILES string of the molecule is CC[C@H](C)[C@@H](CO)NC(=O)CC[C@H]1NC(=O)N(Cc2ccc(OC)c(OC)c2)C1=O. The molecule has 9 heteroatoms. The van der Waals surface area contributed by atoms with Gasteiger partial charge in [-0.25, -0.2) is 4.79 Å². The van der Waals surface area contributed by atoms with Gasteiger partial charge in [0, 0.05) is 6.42 Å². The van der Waals surface area contributed by atoms with Gasteiger partial charge >= 0.3 is 6.03 Å². The van der Waals surface area contributed by atoms with Crippen molar-refractivity contribution in [2.75, 3.05) is 20.8 Å². The number of methoxy groups -OCH3 is 2. The lowest BCUT2D eigenvalue weighted by molar-refractivity contribution is -0.128. The summed E-state index contributed by atoms with van der Waals surface area (Å²) in [6.45, 7) is 3.89. The molecule has 0 spiro atoms. The highest BCUT2D eigenvalue weighted by Gasteiger charge is 2.38. The molecule has 1 aromatic rings. The fourth-order valence-electron chi connectivity index (χ4n) is 3.29. The van der Waals surface area contributed by atoms with Crippen molar-refractivity contribution < 1.29 is 29.0 Å². The molecule has 1 aliphatic heterocycles. The number of aliphatic hydroxyl groups is 1. The van der Waals surface area contributed by atoms with Crippen LogP contribution in [0.1, 0.15) is 38.7 Å². The maximum absolute atomic E-state index is 12.7. The molecular formula is C21H31N3O6. The van der Waals surface area contributed by atoms with Crippen LogP contribution in [0.25, 0.3) is 0 Å². The molecule has 1 aliphatic rings. The molecule has 1 heterocycles. The third kappa shape index (κ3) is 5.63. The van der Waals surface area contributed by atoms with E-state index in [1.165, 1.54) is 14.2 Å². The Hall–Kier alpha value is -2.81. The Kier molecular flexibility index (Phi) is 8.46. The van der Waals surface area contributed by atoms with E-state index in [4.69, 9.17) is 9.47 Å². The van der Waals surface area contributed by atoms with Crippen LogP contribution in [0.3, 0.4) is 0 Å². The molecule has 1 aromatic carbocycles. The van der Waals surface area contributed by atoms with Gasteiger partial charge in [-0.3, -0.25) is 14.5 Å². The number of rotatable bonds is 11. The number of hydrogen-bond acceptors (Lipinski definition) is 6. The summed E-state index contributed by atoms with van der Waals surface area (Å²) in [5, 5.41) is 14.9. The van der Waals surface area contributed by atoms with E-state index in [9.17, 15) is 19.5 Å². The molecule has 0 radical (unpaired) electrons. The van der Waals surface area contributed by atoms with Crippen molar-refractivity contribution in [3.05, 3.63) is 23.8 Å². The normalized spacial score (nSPS) is 18.0. The molecule has 30 heavy (non-hydrogen) atoms. The third-order valence-electron chi connectivity index (χ3n) is 5.43. The zero-order valence-corrected chi connectivity index (χ0v) is 17.9. The number of carbonyl (C=O) groups is 3. The van der Waals surface area contributed by atoms with Crippen LogP contribution in [0.4, 0.5) is 4.79 Å². The highest BCUT2D eigenvalue weighted by atomic mass is 16.5. The van der Waals surface area contributed by atoms with Crippen LogP contribution in [-0.4, -0.2) is 60.8 Å². The van der Waals surface area contributed by atoms with Gasteiger partial charge in [0.05, 0.1) is 33.4 Å². The minimum Gasteiger partial charge on any atom is -0.493 e. The molecule has 1 fully saturated rings. The Bertz CT molecular complexity index is 769. The lowest BCUT2D eigenvalue weighted by atomic mass is 9.99. The van der Waals surface area contributed by atoms with E-state index in [2.05, 4.69) is 10.6 Å².